The van der Waals surface area contributed by atoms with Crippen molar-refractivity contribution in [1.29, 1.82) is 0 Å². The molecule has 2 aliphatic rings. The molecule has 2 atom stereocenters. The first kappa shape index (κ1) is 13.2. The van der Waals surface area contributed by atoms with E-state index in [0.717, 1.165) is 24.4 Å². The monoisotopic (exact) mass is 276 g/mol. The molecule has 5 heteroatoms. The molecule has 0 bridgehead atoms. The Morgan fingerprint density at radius 2 is 2.10 bits per heavy atom. The quantitative estimate of drug-likeness (QED) is 0.908. The van der Waals surface area contributed by atoms with Crippen molar-refractivity contribution in [3.8, 4) is 0 Å². The molecule has 1 saturated heterocycles. The molecule has 1 aromatic heterocycles. The van der Waals surface area contributed by atoms with Crippen LogP contribution in [0, 0.1) is 12.8 Å². The molecule has 2 unspecified atom stereocenters. The van der Waals surface area contributed by atoms with Gasteiger partial charge in [0.05, 0.1) is 6.54 Å². The van der Waals surface area contributed by atoms with Gasteiger partial charge in [-0.3, -0.25) is 9.59 Å². The van der Waals surface area contributed by atoms with Gasteiger partial charge < -0.3 is 14.6 Å². The lowest BCUT2D eigenvalue weighted by molar-refractivity contribution is -0.151. The first-order valence-electron chi connectivity index (χ1n) is 7.26. The normalized spacial score (nSPS) is 26.8. The van der Waals surface area contributed by atoms with Gasteiger partial charge in [-0.1, -0.05) is 6.92 Å². The highest BCUT2D eigenvalue weighted by atomic mass is 16.3. The number of piperazine rings is 1. The molecule has 1 N–H and O–H groups in total. The third-order valence-electron chi connectivity index (χ3n) is 4.13. The summed E-state index contributed by atoms with van der Waals surface area (Å²) in [6.07, 6.45) is 2.68. The van der Waals surface area contributed by atoms with Gasteiger partial charge in [0.1, 0.15) is 23.6 Å². The average molecular weight is 276 g/mol. The second-order valence-corrected chi connectivity index (χ2v) is 5.73. The van der Waals surface area contributed by atoms with E-state index in [2.05, 4.69) is 5.32 Å². The molecule has 0 spiro atoms. The Labute approximate surface area is 118 Å². The summed E-state index contributed by atoms with van der Waals surface area (Å²) < 4.78 is 5.55. The van der Waals surface area contributed by atoms with Crippen molar-refractivity contribution in [2.45, 2.75) is 51.7 Å². The zero-order valence-electron chi connectivity index (χ0n) is 11.9. The Balaban J connectivity index is 1.82. The van der Waals surface area contributed by atoms with Gasteiger partial charge >= 0.3 is 0 Å². The van der Waals surface area contributed by atoms with Crippen LogP contribution in [-0.2, 0) is 16.1 Å². The molecule has 0 aromatic carbocycles. The summed E-state index contributed by atoms with van der Waals surface area (Å²) >= 11 is 0. The molecule has 1 aliphatic heterocycles. The Morgan fingerprint density at radius 1 is 1.35 bits per heavy atom. The van der Waals surface area contributed by atoms with Crippen molar-refractivity contribution in [3.63, 3.8) is 0 Å². The van der Waals surface area contributed by atoms with Crippen LogP contribution >= 0.6 is 0 Å². The minimum atomic E-state index is -0.386. The molecule has 1 aromatic rings. The minimum Gasteiger partial charge on any atom is -0.464 e. The summed E-state index contributed by atoms with van der Waals surface area (Å²) in [4.78, 5) is 26.5. The van der Waals surface area contributed by atoms with Gasteiger partial charge in [0.25, 0.3) is 0 Å². The van der Waals surface area contributed by atoms with E-state index in [0.29, 0.717) is 18.9 Å². The second-order valence-electron chi connectivity index (χ2n) is 5.73. The summed E-state index contributed by atoms with van der Waals surface area (Å²) in [5.41, 5.74) is 0. The Morgan fingerprint density at radius 3 is 2.65 bits per heavy atom. The number of hydrogen-bond donors (Lipinski definition) is 1. The highest BCUT2D eigenvalue weighted by Crippen LogP contribution is 2.35. The van der Waals surface area contributed by atoms with Crippen LogP contribution in [0.4, 0.5) is 0 Å². The van der Waals surface area contributed by atoms with Crippen LogP contribution in [0.1, 0.15) is 37.7 Å². The van der Waals surface area contributed by atoms with Gasteiger partial charge in [0.15, 0.2) is 0 Å². The first-order chi connectivity index (χ1) is 9.60. The molecule has 5 nitrogen and oxygen atoms in total. The predicted octanol–water partition coefficient (Wildman–Crippen LogP) is 1.60. The van der Waals surface area contributed by atoms with E-state index in [1.165, 1.54) is 0 Å². The lowest BCUT2D eigenvalue weighted by Gasteiger charge is -2.38. The Hall–Kier alpha value is -1.78. The third-order valence-corrected chi connectivity index (χ3v) is 4.13. The highest BCUT2D eigenvalue weighted by molar-refractivity contribution is 5.97. The van der Waals surface area contributed by atoms with Crippen LogP contribution in [0.25, 0.3) is 0 Å². The van der Waals surface area contributed by atoms with E-state index in [4.69, 9.17) is 4.42 Å². The van der Waals surface area contributed by atoms with Crippen LogP contribution in [-0.4, -0.2) is 28.8 Å². The lowest BCUT2D eigenvalue weighted by atomic mass is 10.0. The molecule has 2 heterocycles. The zero-order chi connectivity index (χ0) is 14.3. The van der Waals surface area contributed by atoms with Crippen molar-refractivity contribution in [1.82, 2.24) is 10.2 Å². The summed E-state index contributed by atoms with van der Waals surface area (Å²) in [6.45, 7) is 4.18. The number of rotatable bonds is 4. The number of aryl methyl sites for hydroxylation is 1. The number of hydrogen-bond acceptors (Lipinski definition) is 3. The van der Waals surface area contributed by atoms with E-state index in [-0.39, 0.29) is 23.9 Å². The summed E-state index contributed by atoms with van der Waals surface area (Å²) in [6, 6.07) is 3.03. The average Bonchev–Trinajstić information content (AvgIpc) is 3.17. The smallest absolute Gasteiger partial charge is 0.246 e. The van der Waals surface area contributed by atoms with Gasteiger partial charge in [-0.25, -0.2) is 0 Å². The van der Waals surface area contributed by atoms with Crippen molar-refractivity contribution >= 4 is 11.8 Å². The van der Waals surface area contributed by atoms with Gasteiger partial charge in [-0.2, -0.15) is 0 Å². The molecule has 1 aliphatic carbocycles. The van der Waals surface area contributed by atoms with E-state index < -0.39 is 0 Å². The van der Waals surface area contributed by atoms with E-state index in [9.17, 15) is 9.59 Å². The second kappa shape index (κ2) is 4.96. The fourth-order valence-corrected chi connectivity index (χ4v) is 2.87. The molecule has 20 heavy (non-hydrogen) atoms. The largest absolute Gasteiger partial charge is 0.464 e. The van der Waals surface area contributed by atoms with E-state index in [1.54, 1.807) is 4.90 Å². The molecule has 3 rings (SSSR count). The topological polar surface area (TPSA) is 62.6 Å². The van der Waals surface area contributed by atoms with Crippen LogP contribution in [0.2, 0.25) is 0 Å². The molecule has 2 amide bonds. The van der Waals surface area contributed by atoms with Crippen molar-refractivity contribution in [2.75, 3.05) is 0 Å². The number of nitrogens with zero attached hydrogens (tertiary/aromatic N) is 1. The molecule has 2 fully saturated rings. The molecular weight excluding hydrogens is 256 g/mol. The maximum absolute atomic E-state index is 12.6. The molecule has 1 saturated carbocycles. The number of furan rings is 1. The van der Waals surface area contributed by atoms with Crippen LogP contribution in [0.5, 0.6) is 0 Å². The highest BCUT2D eigenvalue weighted by Gasteiger charge is 2.46. The maximum Gasteiger partial charge on any atom is 0.246 e. The summed E-state index contributed by atoms with van der Waals surface area (Å²) in [5, 5.41) is 2.89. The van der Waals surface area contributed by atoms with Crippen molar-refractivity contribution < 1.29 is 14.0 Å². The number of carbonyl (C=O) groups is 2. The molecule has 108 valence electrons. The standard InChI is InChI=1S/C15H20N2O3/c1-3-12-14(18)16-13(10-5-6-10)15(19)17(12)8-11-7-4-9(2)20-11/h4,7,10,12-13H,3,5-6,8H2,1-2H3,(H,16,18). The van der Waals surface area contributed by atoms with Crippen LogP contribution in [0.3, 0.4) is 0 Å². The minimum absolute atomic E-state index is 0.0349. The SMILES string of the molecule is CCC1C(=O)NC(C2CC2)C(=O)N1Cc1ccc(C)o1. The number of carbonyl (C=O) groups excluding carboxylic acids is 2. The zero-order valence-corrected chi connectivity index (χ0v) is 11.9. The number of nitrogens with one attached hydrogen (secondary N) is 1. The van der Waals surface area contributed by atoms with Crippen molar-refractivity contribution in [3.05, 3.63) is 23.7 Å². The third kappa shape index (κ3) is 2.32. The van der Waals surface area contributed by atoms with Crippen LogP contribution < -0.4 is 5.32 Å². The van der Waals surface area contributed by atoms with E-state index >= 15 is 0 Å². The van der Waals surface area contributed by atoms with Crippen molar-refractivity contribution in [2.24, 2.45) is 5.92 Å². The fraction of sp³-hybridized carbons (Fsp3) is 0.600. The fourth-order valence-electron chi connectivity index (χ4n) is 2.87. The van der Waals surface area contributed by atoms with Gasteiger partial charge in [-0.15, -0.1) is 0 Å². The molecule has 0 radical (unpaired) electrons. The van der Waals surface area contributed by atoms with Gasteiger partial charge in [0, 0.05) is 0 Å². The summed E-state index contributed by atoms with van der Waals surface area (Å²) in [5.74, 6) is 1.88. The van der Waals surface area contributed by atoms with Crippen LogP contribution in [0.15, 0.2) is 16.5 Å². The number of amides is 2. The van der Waals surface area contributed by atoms with Gasteiger partial charge in [0.2, 0.25) is 11.8 Å². The van der Waals surface area contributed by atoms with E-state index in [1.807, 2.05) is 26.0 Å². The Bertz CT molecular complexity index is 533. The maximum atomic E-state index is 12.6. The first-order valence-corrected chi connectivity index (χ1v) is 7.26. The summed E-state index contributed by atoms with van der Waals surface area (Å²) in [7, 11) is 0. The van der Waals surface area contributed by atoms with Gasteiger partial charge in [-0.05, 0) is 44.2 Å². The lowest BCUT2D eigenvalue weighted by Crippen LogP contribution is -2.63. The Kier molecular flexibility index (Phi) is 3.28. The predicted molar refractivity (Wildman–Crippen MR) is 72.7 cm³/mol. The molecular formula is C15H20N2O3.